The molecule has 0 spiro atoms. The van der Waals surface area contributed by atoms with E-state index < -0.39 is 81.7 Å². The highest BCUT2D eigenvalue weighted by atomic mass is 32.2. The number of aliphatic hydroxyl groups is 3. The number of rotatable bonds is 26. The van der Waals surface area contributed by atoms with Gasteiger partial charge in [-0.05, 0) is 48.1 Å². The van der Waals surface area contributed by atoms with Crippen molar-refractivity contribution in [2.24, 2.45) is 17.1 Å². The lowest BCUT2D eigenvalue weighted by Crippen LogP contribution is -2.59. The van der Waals surface area contributed by atoms with E-state index in [0.717, 1.165) is 0 Å². The summed E-state index contributed by atoms with van der Waals surface area (Å²) in [6, 6.07) is 12.2. The van der Waals surface area contributed by atoms with Crippen LogP contribution in [0.2, 0.25) is 0 Å². The van der Waals surface area contributed by atoms with Crippen molar-refractivity contribution in [2.45, 2.75) is 81.6 Å². The number of aliphatic hydroxyl groups excluding tert-OH is 3. The Morgan fingerprint density at radius 2 is 1.41 bits per heavy atom. The lowest BCUT2D eigenvalue weighted by atomic mass is 9.71. The van der Waals surface area contributed by atoms with Crippen molar-refractivity contribution >= 4 is 39.3 Å². The first-order valence-corrected chi connectivity index (χ1v) is 21.6. The fraction of sp³-hybridized carbons (Fsp3) is 0.600. The van der Waals surface area contributed by atoms with Gasteiger partial charge in [-0.3, -0.25) is 19.2 Å². The van der Waals surface area contributed by atoms with Crippen LogP contribution in [0.25, 0.3) is 0 Å². The van der Waals surface area contributed by atoms with Crippen molar-refractivity contribution in [2.75, 3.05) is 71.6 Å². The predicted octanol–water partition coefficient (Wildman–Crippen LogP) is -1.60. The largest absolute Gasteiger partial charge is 0.399 e. The maximum absolute atomic E-state index is 13.2. The van der Waals surface area contributed by atoms with Crippen LogP contribution >= 0.6 is 0 Å². The minimum absolute atomic E-state index is 0.0710. The number of benzene rings is 2. The maximum Gasteiger partial charge on any atom is 0.247 e. The van der Waals surface area contributed by atoms with Gasteiger partial charge in [0.25, 0.3) is 0 Å². The molecule has 1 fully saturated rings. The van der Waals surface area contributed by atoms with E-state index in [0.29, 0.717) is 24.1 Å². The average molecular weight is 882 g/mol. The van der Waals surface area contributed by atoms with Gasteiger partial charge in [-0.2, -0.15) is 0 Å². The Balaban J connectivity index is 1.25. The molecule has 0 radical (unpaired) electrons. The van der Waals surface area contributed by atoms with Crippen molar-refractivity contribution in [1.29, 1.82) is 0 Å². The van der Waals surface area contributed by atoms with Gasteiger partial charge in [-0.25, -0.2) is 13.1 Å². The van der Waals surface area contributed by atoms with Crippen molar-refractivity contribution < 1.29 is 61.9 Å². The van der Waals surface area contributed by atoms with Gasteiger partial charge in [-0.15, -0.1) is 0 Å². The van der Waals surface area contributed by atoms with Gasteiger partial charge in [0.1, 0.15) is 18.8 Å². The summed E-state index contributed by atoms with van der Waals surface area (Å²) in [4.78, 5) is 50.8. The molecule has 6 unspecified atom stereocenters. The molecule has 4 amide bonds. The van der Waals surface area contributed by atoms with Gasteiger partial charge in [0, 0.05) is 31.2 Å². The monoisotopic (exact) mass is 881 g/mol. The Morgan fingerprint density at radius 1 is 0.787 bits per heavy atom. The summed E-state index contributed by atoms with van der Waals surface area (Å²) in [6.07, 6.45) is -3.89. The molecule has 2 aromatic carbocycles. The highest BCUT2D eigenvalue weighted by Gasteiger charge is 2.48. The van der Waals surface area contributed by atoms with Crippen LogP contribution < -0.4 is 37.5 Å². The number of sulfonamides is 1. The van der Waals surface area contributed by atoms with Crippen LogP contribution in [0.5, 0.6) is 0 Å². The predicted molar refractivity (Wildman–Crippen MR) is 223 cm³/mol. The fourth-order valence-corrected chi connectivity index (χ4v) is 7.48. The highest BCUT2D eigenvalue weighted by Crippen LogP contribution is 2.38. The Hall–Kier alpha value is -4.29. The summed E-state index contributed by atoms with van der Waals surface area (Å²) in [6.45, 7) is 6.20. The van der Waals surface area contributed by atoms with E-state index in [4.69, 9.17) is 30.4 Å². The molecule has 1 saturated heterocycles. The number of nitrogens with two attached hydrogens (primary N) is 2. The molecule has 1 heterocycles. The van der Waals surface area contributed by atoms with Crippen LogP contribution in [-0.2, 0) is 48.1 Å². The van der Waals surface area contributed by atoms with Gasteiger partial charge in [0.05, 0.1) is 62.7 Å². The molecule has 0 aromatic heterocycles. The SMILES string of the molecule is CC(C)(C)C1C(COCC(=O)NCCOCCOCCNC(=O)CNC(=O)C(NC(=O)[C@H](N)CCCCNS(=O)(=O)c2ccc(N)cc2)c2ccccc2)OC(O)C(O)C1O. The summed E-state index contributed by atoms with van der Waals surface area (Å²) in [7, 11) is -3.71. The van der Waals surface area contributed by atoms with Crippen molar-refractivity contribution in [3.63, 3.8) is 0 Å². The van der Waals surface area contributed by atoms with E-state index in [1.807, 2.05) is 20.8 Å². The van der Waals surface area contributed by atoms with E-state index in [2.05, 4.69) is 26.0 Å². The molecular weight excluding hydrogens is 819 g/mol. The van der Waals surface area contributed by atoms with E-state index in [-0.39, 0.29) is 77.1 Å². The van der Waals surface area contributed by atoms with Crippen LogP contribution in [-0.4, -0.2) is 144 Å². The zero-order valence-electron chi connectivity index (χ0n) is 34.9. The number of nitrogens with one attached hydrogen (secondary N) is 5. The number of amides is 4. The summed E-state index contributed by atoms with van der Waals surface area (Å²) in [5.74, 6) is -2.63. The van der Waals surface area contributed by atoms with E-state index >= 15 is 0 Å². The summed E-state index contributed by atoms with van der Waals surface area (Å²) < 4.78 is 49.2. The first-order chi connectivity index (χ1) is 28.9. The zero-order valence-corrected chi connectivity index (χ0v) is 35.7. The second kappa shape index (κ2) is 25.6. The number of unbranched alkanes of at least 4 members (excludes halogenated alkanes) is 1. The molecule has 20 nitrogen and oxygen atoms in total. The third-order valence-corrected chi connectivity index (χ3v) is 11.1. The molecule has 21 heteroatoms. The topological polar surface area (TPSA) is 312 Å². The van der Waals surface area contributed by atoms with Crippen molar-refractivity contribution in [3.8, 4) is 0 Å². The van der Waals surface area contributed by atoms with E-state index in [1.54, 1.807) is 30.3 Å². The number of ether oxygens (including phenoxy) is 4. The second-order valence-corrected chi connectivity index (χ2v) is 17.3. The Bertz CT molecular complexity index is 1770. The average Bonchev–Trinajstić information content (AvgIpc) is 3.21. The lowest BCUT2D eigenvalue weighted by Gasteiger charge is -2.46. The summed E-state index contributed by atoms with van der Waals surface area (Å²) >= 11 is 0. The molecule has 0 bridgehead atoms. The minimum atomic E-state index is -3.71. The first-order valence-electron chi connectivity index (χ1n) is 20.1. The van der Waals surface area contributed by atoms with Crippen LogP contribution in [0.1, 0.15) is 51.6 Å². The maximum atomic E-state index is 13.2. The molecule has 1 aliphatic rings. The molecule has 0 saturated carbocycles. The molecule has 3 rings (SSSR count). The molecule has 61 heavy (non-hydrogen) atoms. The van der Waals surface area contributed by atoms with Gasteiger partial charge < -0.3 is 67.0 Å². The van der Waals surface area contributed by atoms with Gasteiger partial charge in [0.2, 0.25) is 33.7 Å². The fourth-order valence-electron chi connectivity index (χ4n) is 6.41. The van der Waals surface area contributed by atoms with Crippen LogP contribution in [0.15, 0.2) is 59.5 Å². The van der Waals surface area contributed by atoms with Crippen LogP contribution in [0.4, 0.5) is 5.69 Å². The lowest BCUT2D eigenvalue weighted by molar-refractivity contribution is -0.288. The van der Waals surface area contributed by atoms with Crippen molar-refractivity contribution in [3.05, 3.63) is 60.2 Å². The Kier molecular flexibility index (Phi) is 21.4. The number of nitrogen functional groups attached to an aromatic ring is 1. The molecule has 342 valence electrons. The number of hydrogen-bond acceptors (Lipinski definition) is 15. The van der Waals surface area contributed by atoms with Gasteiger partial charge in [-0.1, -0.05) is 57.5 Å². The highest BCUT2D eigenvalue weighted by molar-refractivity contribution is 7.89. The second-order valence-electron chi connectivity index (χ2n) is 15.5. The quantitative estimate of drug-likeness (QED) is 0.0376. The molecule has 2 aromatic rings. The third-order valence-electron chi connectivity index (χ3n) is 9.62. The molecule has 7 atom stereocenters. The van der Waals surface area contributed by atoms with E-state index in [9.17, 15) is 42.9 Å². The van der Waals surface area contributed by atoms with Crippen LogP contribution in [0, 0.1) is 11.3 Å². The Labute approximate surface area is 356 Å². The minimum Gasteiger partial charge on any atom is -0.399 e. The number of carbonyl (C=O) groups excluding carboxylic acids is 4. The van der Waals surface area contributed by atoms with E-state index in [1.165, 1.54) is 24.3 Å². The number of anilines is 1. The summed E-state index contributed by atoms with van der Waals surface area (Å²) in [5.41, 5.74) is 12.2. The Morgan fingerprint density at radius 3 is 2.03 bits per heavy atom. The third kappa shape index (κ3) is 17.9. The van der Waals surface area contributed by atoms with Crippen molar-refractivity contribution in [1.82, 2.24) is 26.0 Å². The first kappa shape index (κ1) is 51.1. The number of hydrogen-bond donors (Lipinski definition) is 10. The molecule has 12 N–H and O–H groups in total. The molecular formula is C40H63N7O13S. The molecule has 0 aliphatic carbocycles. The number of carbonyl (C=O) groups is 4. The summed E-state index contributed by atoms with van der Waals surface area (Å²) in [5, 5.41) is 40.8. The zero-order chi connectivity index (χ0) is 45.0. The molecule has 1 aliphatic heterocycles. The van der Waals surface area contributed by atoms with Crippen LogP contribution in [0.3, 0.4) is 0 Å². The normalized spacial score (nSPS) is 20.3. The standard InChI is InChI=1S/C40H63N7O13S/c1-40(2,3)33-30(60-39(54)36(51)35(33)50)24-59-25-32(49)44-18-20-58-22-21-57-19-17-43-31(48)23-45-38(53)34(26-9-5-4-6-10-26)47-37(52)29(42)11-7-8-16-46-61(55,56)28-14-12-27(41)13-15-28/h4-6,9-10,12-15,29-30,33-36,39,46,50-51,54H,7-8,11,16-25,41-42H2,1-3H3,(H,43,48)(H,44,49)(H,45,53)(H,47,52)/t29-,30?,33?,34?,35?,36?,39?/m1/s1. The van der Waals surface area contributed by atoms with Gasteiger partial charge >= 0.3 is 0 Å². The smallest absolute Gasteiger partial charge is 0.247 e. The van der Waals surface area contributed by atoms with Gasteiger partial charge in [0.15, 0.2) is 6.29 Å².